The first kappa shape index (κ1) is 21.9. The topological polar surface area (TPSA) is 160 Å². The van der Waals surface area contributed by atoms with Crippen molar-refractivity contribution in [3.05, 3.63) is 97.6 Å². The summed E-state index contributed by atoms with van der Waals surface area (Å²) in [5, 5.41) is 38.7. The molecule has 0 saturated carbocycles. The van der Waals surface area contributed by atoms with E-state index in [1.807, 2.05) is 19.1 Å². The molecule has 1 amide bonds. The Bertz CT molecular complexity index is 1240. The number of hydrogen-bond acceptors (Lipinski definition) is 8. The summed E-state index contributed by atoms with van der Waals surface area (Å²) in [6.07, 6.45) is 1.09. The smallest absolute Gasteiger partial charge is 0.294 e. The van der Waals surface area contributed by atoms with Crippen molar-refractivity contribution in [3.8, 4) is 5.75 Å². The van der Waals surface area contributed by atoms with Gasteiger partial charge in [-0.25, -0.2) is 0 Å². The first-order valence-corrected chi connectivity index (χ1v) is 9.18. The van der Waals surface area contributed by atoms with Gasteiger partial charge in [-0.2, -0.15) is 5.10 Å². The van der Waals surface area contributed by atoms with Crippen molar-refractivity contribution in [2.24, 2.45) is 5.10 Å². The van der Waals surface area contributed by atoms with Crippen LogP contribution in [0.5, 0.6) is 5.75 Å². The number of hydrazone groups is 1. The zero-order valence-corrected chi connectivity index (χ0v) is 16.7. The second kappa shape index (κ2) is 9.34. The van der Waals surface area contributed by atoms with Crippen LogP contribution in [0, 0.1) is 27.2 Å². The van der Waals surface area contributed by atoms with E-state index in [4.69, 9.17) is 0 Å². The zero-order chi connectivity index (χ0) is 23.3. The summed E-state index contributed by atoms with van der Waals surface area (Å²) in [5.41, 5.74) is 3.34. The summed E-state index contributed by atoms with van der Waals surface area (Å²) < 4.78 is 0. The maximum atomic E-state index is 12.5. The van der Waals surface area contributed by atoms with E-state index in [0.29, 0.717) is 5.69 Å². The fourth-order valence-corrected chi connectivity index (χ4v) is 2.76. The average molecular weight is 435 g/mol. The van der Waals surface area contributed by atoms with E-state index in [0.717, 1.165) is 36.0 Å². The van der Waals surface area contributed by atoms with Crippen LogP contribution in [-0.4, -0.2) is 27.1 Å². The van der Waals surface area contributed by atoms with Gasteiger partial charge in [-0.3, -0.25) is 30.4 Å². The zero-order valence-electron chi connectivity index (χ0n) is 16.7. The highest BCUT2D eigenvalue weighted by Gasteiger charge is 2.18. The third-order valence-corrected chi connectivity index (χ3v) is 4.46. The number of para-hydroxylation sites is 1. The monoisotopic (exact) mass is 435 g/mol. The van der Waals surface area contributed by atoms with Crippen LogP contribution in [0.3, 0.4) is 0 Å². The molecule has 0 atom stereocenters. The van der Waals surface area contributed by atoms with Gasteiger partial charge in [-0.15, -0.1) is 0 Å². The van der Waals surface area contributed by atoms with Crippen LogP contribution in [0.25, 0.3) is 0 Å². The lowest BCUT2D eigenvalue weighted by Crippen LogP contribution is -2.13. The highest BCUT2D eigenvalue weighted by Crippen LogP contribution is 2.27. The molecule has 11 heteroatoms. The summed E-state index contributed by atoms with van der Waals surface area (Å²) >= 11 is 0. The predicted octanol–water partition coefficient (Wildman–Crippen LogP) is 4.22. The molecule has 3 aromatic carbocycles. The Morgan fingerprint density at radius 1 is 1.00 bits per heavy atom. The molecule has 0 aliphatic carbocycles. The normalized spacial score (nSPS) is 10.7. The number of non-ortho nitro benzene ring substituents is 1. The van der Waals surface area contributed by atoms with Gasteiger partial charge in [-0.1, -0.05) is 18.2 Å². The Labute approximate surface area is 181 Å². The number of hydrogen-bond donors (Lipinski definition) is 3. The molecule has 3 rings (SSSR count). The van der Waals surface area contributed by atoms with E-state index < -0.39 is 21.4 Å². The van der Waals surface area contributed by atoms with E-state index in [1.54, 1.807) is 12.1 Å². The highest BCUT2D eigenvalue weighted by atomic mass is 16.6. The van der Waals surface area contributed by atoms with Crippen LogP contribution in [0.2, 0.25) is 0 Å². The lowest BCUT2D eigenvalue weighted by atomic mass is 10.1. The van der Waals surface area contributed by atoms with Crippen LogP contribution in [0.15, 0.2) is 65.8 Å². The molecule has 0 spiro atoms. The van der Waals surface area contributed by atoms with Crippen LogP contribution >= 0.6 is 0 Å². The van der Waals surface area contributed by atoms with E-state index in [-0.39, 0.29) is 28.3 Å². The van der Waals surface area contributed by atoms with Crippen molar-refractivity contribution in [3.63, 3.8) is 0 Å². The van der Waals surface area contributed by atoms with Crippen molar-refractivity contribution < 1.29 is 19.7 Å². The lowest BCUT2D eigenvalue weighted by Gasteiger charge is -2.09. The summed E-state index contributed by atoms with van der Waals surface area (Å²) in [5.74, 6) is -0.766. The van der Waals surface area contributed by atoms with Crippen molar-refractivity contribution >= 4 is 34.9 Å². The van der Waals surface area contributed by atoms with Crippen LogP contribution in [-0.2, 0) is 0 Å². The first-order valence-electron chi connectivity index (χ1n) is 9.18. The molecular weight excluding hydrogens is 418 g/mol. The Morgan fingerprint density at radius 2 is 1.75 bits per heavy atom. The molecule has 32 heavy (non-hydrogen) atoms. The largest absolute Gasteiger partial charge is 0.507 e. The number of carbonyl (C=O) groups is 1. The molecule has 0 aromatic heterocycles. The lowest BCUT2D eigenvalue weighted by molar-refractivity contribution is -0.384. The number of nitro groups is 2. The molecule has 0 radical (unpaired) electrons. The second-order valence-corrected chi connectivity index (χ2v) is 6.63. The minimum absolute atomic E-state index is 0.0105. The summed E-state index contributed by atoms with van der Waals surface area (Å²) in [7, 11) is 0. The molecule has 0 aliphatic heterocycles. The number of anilines is 2. The maximum absolute atomic E-state index is 12.5. The molecule has 162 valence electrons. The number of carbonyl (C=O) groups excluding carboxylic acids is 1. The predicted molar refractivity (Wildman–Crippen MR) is 118 cm³/mol. The highest BCUT2D eigenvalue weighted by molar-refractivity contribution is 6.05. The van der Waals surface area contributed by atoms with E-state index in [1.165, 1.54) is 12.1 Å². The SMILES string of the molecule is Cc1ccccc1NC(=O)c1ccc(N/N=C/c2cc([N+](=O)[O-])ccc2O)c([N+](=O)[O-])c1. The number of nitro benzene ring substituents is 2. The minimum Gasteiger partial charge on any atom is -0.507 e. The molecule has 3 N–H and O–H groups in total. The Morgan fingerprint density at radius 3 is 2.44 bits per heavy atom. The number of nitrogens with zero attached hydrogens (tertiary/aromatic N) is 3. The van der Waals surface area contributed by atoms with Gasteiger partial charge in [0.25, 0.3) is 17.3 Å². The summed E-state index contributed by atoms with van der Waals surface area (Å²) in [4.78, 5) is 33.5. The van der Waals surface area contributed by atoms with Crippen molar-refractivity contribution in [1.82, 2.24) is 0 Å². The minimum atomic E-state index is -0.673. The first-order chi connectivity index (χ1) is 15.3. The maximum Gasteiger partial charge on any atom is 0.294 e. The number of phenolic OH excluding ortho intramolecular Hbond substituents is 1. The third kappa shape index (κ3) is 5.02. The fourth-order valence-electron chi connectivity index (χ4n) is 2.76. The van der Waals surface area contributed by atoms with Gasteiger partial charge in [0, 0.05) is 35.0 Å². The van der Waals surface area contributed by atoms with Crippen molar-refractivity contribution in [2.75, 3.05) is 10.7 Å². The van der Waals surface area contributed by atoms with Gasteiger partial charge in [0.15, 0.2) is 0 Å². The third-order valence-electron chi connectivity index (χ3n) is 4.46. The van der Waals surface area contributed by atoms with Crippen molar-refractivity contribution in [2.45, 2.75) is 6.92 Å². The van der Waals surface area contributed by atoms with Gasteiger partial charge in [0.05, 0.1) is 16.1 Å². The Kier molecular flexibility index (Phi) is 6.39. The number of aromatic hydroxyl groups is 1. The molecule has 0 bridgehead atoms. The van der Waals surface area contributed by atoms with Crippen molar-refractivity contribution in [1.29, 1.82) is 0 Å². The van der Waals surface area contributed by atoms with Crippen LogP contribution in [0.1, 0.15) is 21.5 Å². The number of benzene rings is 3. The number of nitrogens with one attached hydrogen (secondary N) is 2. The molecular formula is C21H17N5O6. The van der Waals surface area contributed by atoms with E-state index in [2.05, 4.69) is 15.8 Å². The number of phenols is 1. The summed E-state index contributed by atoms with van der Waals surface area (Å²) in [6, 6.07) is 14.3. The van der Waals surface area contributed by atoms with Gasteiger partial charge in [0.1, 0.15) is 11.4 Å². The summed E-state index contributed by atoms with van der Waals surface area (Å²) in [6.45, 7) is 1.82. The molecule has 11 nitrogen and oxygen atoms in total. The van der Waals surface area contributed by atoms with E-state index in [9.17, 15) is 30.1 Å². The Hall–Kier alpha value is -4.80. The van der Waals surface area contributed by atoms with E-state index >= 15 is 0 Å². The second-order valence-electron chi connectivity index (χ2n) is 6.63. The standard InChI is InChI=1S/C21H17N5O6/c1-13-4-2-3-5-17(13)23-21(28)14-6-8-18(19(11-14)26(31)32)24-22-12-15-10-16(25(29)30)7-9-20(15)27/h2-12,24,27H,1H3,(H,23,28)/b22-12+. The molecule has 0 unspecified atom stereocenters. The Balaban J connectivity index is 1.81. The van der Waals surface area contributed by atoms with Gasteiger partial charge in [-0.05, 0) is 36.8 Å². The molecule has 0 heterocycles. The fraction of sp³-hybridized carbons (Fsp3) is 0.0476. The molecule has 0 saturated heterocycles. The quantitative estimate of drug-likeness (QED) is 0.284. The van der Waals surface area contributed by atoms with Gasteiger partial charge >= 0.3 is 0 Å². The van der Waals surface area contributed by atoms with Gasteiger partial charge in [0.2, 0.25) is 0 Å². The molecule has 3 aromatic rings. The number of amides is 1. The number of aryl methyl sites for hydroxylation is 1. The van der Waals surface area contributed by atoms with Crippen LogP contribution in [0.4, 0.5) is 22.7 Å². The van der Waals surface area contributed by atoms with Gasteiger partial charge < -0.3 is 10.4 Å². The molecule has 0 fully saturated rings. The number of rotatable bonds is 7. The average Bonchev–Trinajstić information content (AvgIpc) is 2.76. The van der Waals surface area contributed by atoms with Crippen LogP contribution < -0.4 is 10.7 Å². The molecule has 0 aliphatic rings.